The van der Waals surface area contributed by atoms with Crippen LogP contribution in [0.25, 0.3) is 5.69 Å². The molecule has 0 saturated heterocycles. The first-order chi connectivity index (χ1) is 13.1. The average Bonchev–Trinajstić information content (AvgIpc) is 3.36. The van der Waals surface area contributed by atoms with Crippen LogP contribution in [0.3, 0.4) is 0 Å². The normalized spacial score (nSPS) is 13.1. The summed E-state index contributed by atoms with van der Waals surface area (Å²) >= 11 is 1.35. The molecule has 2 aromatic heterocycles. The van der Waals surface area contributed by atoms with E-state index in [1.165, 1.54) is 29.5 Å². The zero-order valence-corrected chi connectivity index (χ0v) is 15.1. The van der Waals surface area contributed by atoms with Crippen LogP contribution in [-0.2, 0) is 17.7 Å². The molecule has 0 fully saturated rings. The first-order valence-corrected chi connectivity index (χ1v) is 8.92. The van der Waals surface area contributed by atoms with Gasteiger partial charge < -0.3 is 9.64 Å². The van der Waals surface area contributed by atoms with Crippen LogP contribution in [0.2, 0.25) is 0 Å². The minimum Gasteiger partial charge on any atom is -0.453 e. The van der Waals surface area contributed by atoms with Crippen molar-refractivity contribution in [1.82, 2.24) is 30.1 Å². The number of aromatic nitrogens is 5. The molecule has 1 aliphatic heterocycles. The van der Waals surface area contributed by atoms with E-state index in [9.17, 15) is 9.59 Å². The van der Waals surface area contributed by atoms with E-state index in [1.54, 1.807) is 23.1 Å². The zero-order valence-electron chi connectivity index (χ0n) is 14.3. The van der Waals surface area contributed by atoms with E-state index in [0.29, 0.717) is 35.9 Å². The number of nitrogens with zero attached hydrogens (tertiary/aromatic N) is 6. The minimum absolute atomic E-state index is 0.0774. The average molecular weight is 385 g/mol. The van der Waals surface area contributed by atoms with Crippen molar-refractivity contribution >= 4 is 28.5 Å². The Morgan fingerprint density at radius 2 is 2.22 bits per heavy atom. The summed E-state index contributed by atoms with van der Waals surface area (Å²) in [6, 6.07) is 7.15. The molecule has 0 bridgehead atoms. The molecule has 3 heterocycles. The number of benzene rings is 1. The number of anilines is 1. The third-order valence-corrected chi connectivity index (χ3v) is 5.12. The summed E-state index contributed by atoms with van der Waals surface area (Å²) in [5, 5.41) is 14.1. The summed E-state index contributed by atoms with van der Waals surface area (Å²) in [4.78, 5) is 31.4. The molecule has 1 aliphatic rings. The molecule has 2 amide bonds. The number of ether oxygens (including phenoxy) is 1. The number of hydrogen-bond donors (Lipinski definition) is 1. The Labute approximate surface area is 157 Å². The lowest BCUT2D eigenvalue weighted by atomic mass is 10.1. The van der Waals surface area contributed by atoms with Gasteiger partial charge in [0.15, 0.2) is 5.13 Å². The number of thiazole rings is 1. The number of hydrogen-bond acceptors (Lipinski definition) is 8. The first kappa shape index (κ1) is 17.1. The highest BCUT2D eigenvalue weighted by molar-refractivity contribution is 7.15. The topological polar surface area (TPSA) is 115 Å². The van der Waals surface area contributed by atoms with Gasteiger partial charge in [0.1, 0.15) is 6.33 Å². The second kappa shape index (κ2) is 7.11. The van der Waals surface area contributed by atoms with Gasteiger partial charge in [-0.05, 0) is 28.6 Å². The van der Waals surface area contributed by atoms with Crippen LogP contribution in [-0.4, -0.2) is 55.7 Å². The number of carbonyl (C=O) groups is 2. The summed E-state index contributed by atoms with van der Waals surface area (Å²) in [5.41, 5.74) is 2.17. The summed E-state index contributed by atoms with van der Waals surface area (Å²) in [6.45, 7) is 1.01. The molecular formula is C16H15N7O3S. The van der Waals surface area contributed by atoms with E-state index in [2.05, 4.69) is 30.6 Å². The van der Waals surface area contributed by atoms with Crippen molar-refractivity contribution in [3.8, 4) is 5.69 Å². The predicted octanol–water partition coefficient (Wildman–Crippen LogP) is 1.50. The van der Waals surface area contributed by atoms with Gasteiger partial charge in [-0.25, -0.2) is 14.5 Å². The molecule has 4 rings (SSSR count). The van der Waals surface area contributed by atoms with Gasteiger partial charge in [-0.15, -0.1) is 5.10 Å². The van der Waals surface area contributed by atoms with E-state index < -0.39 is 6.09 Å². The first-order valence-electron chi connectivity index (χ1n) is 8.10. The van der Waals surface area contributed by atoms with Crippen molar-refractivity contribution in [3.63, 3.8) is 0 Å². The molecular weight excluding hydrogens is 370 g/mol. The van der Waals surface area contributed by atoms with Gasteiger partial charge in [-0.3, -0.25) is 10.1 Å². The number of fused-ring (bicyclic) bond motifs is 1. The molecule has 0 radical (unpaired) electrons. The van der Waals surface area contributed by atoms with Crippen molar-refractivity contribution < 1.29 is 14.3 Å². The van der Waals surface area contributed by atoms with E-state index in [0.717, 1.165) is 10.6 Å². The van der Waals surface area contributed by atoms with Crippen LogP contribution in [0.15, 0.2) is 30.6 Å². The van der Waals surface area contributed by atoms with Gasteiger partial charge in [-0.1, -0.05) is 17.4 Å². The lowest BCUT2D eigenvalue weighted by molar-refractivity contribution is 0.0736. The quantitative estimate of drug-likeness (QED) is 0.726. The van der Waals surface area contributed by atoms with Crippen molar-refractivity contribution in [2.45, 2.75) is 13.0 Å². The van der Waals surface area contributed by atoms with Crippen molar-refractivity contribution in [3.05, 3.63) is 46.7 Å². The Balaban J connectivity index is 1.51. The van der Waals surface area contributed by atoms with Crippen molar-refractivity contribution in [2.24, 2.45) is 0 Å². The third kappa shape index (κ3) is 3.49. The molecule has 3 aromatic rings. The molecule has 11 heteroatoms. The number of amides is 2. The number of carbonyl (C=O) groups excluding carboxylic acids is 2. The Kier molecular flexibility index (Phi) is 4.50. The van der Waals surface area contributed by atoms with Crippen molar-refractivity contribution in [2.75, 3.05) is 19.0 Å². The monoisotopic (exact) mass is 385 g/mol. The van der Waals surface area contributed by atoms with Crippen LogP contribution in [0.5, 0.6) is 0 Å². The third-order valence-electron chi connectivity index (χ3n) is 4.12. The summed E-state index contributed by atoms with van der Waals surface area (Å²) in [7, 11) is 1.30. The number of tetrazole rings is 1. The minimum atomic E-state index is -0.562. The fourth-order valence-electron chi connectivity index (χ4n) is 2.80. The Morgan fingerprint density at radius 3 is 3.00 bits per heavy atom. The second-order valence-electron chi connectivity index (χ2n) is 5.79. The SMILES string of the molecule is COC(=O)Nc1nc2c(s1)CN(C(=O)c1cccc(-n3cnnn3)c1)CC2. The maximum atomic E-state index is 12.9. The van der Waals surface area contributed by atoms with Crippen LogP contribution in [0.1, 0.15) is 20.9 Å². The lowest BCUT2D eigenvalue weighted by Gasteiger charge is -2.26. The second-order valence-corrected chi connectivity index (χ2v) is 6.87. The molecule has 138 valence electrons. The molecule has 10 nitrogen and oxygen atoms in total. The highest BCUT2D eigenvalue weighted by atomic mass is 32.1. The molecule has 0 atom stereocenters. The molecule has 1 aromatic carbocycles. The summed E-state index contributed by atoms with van der Waals surface area (Å²) < 4.78 is 6.08. The fraction of sp³-hybridized carbons (Fsp3) is 0.250. The number of nitrogens with one attached hydrogen (secondary N) is 1. The maximum absolute atomic E-state index is 12.9. The van der Waals surface area contributed by atoms with E-state index in [1.807, 2.05) is 6.07 Å². The van der Waals surface area contributed by atoms with Crippen LogP contribution >= 0.6 is 11.3 Å². The van der Waals surface area contributed by atoms with Crippen LogP contribution < -0.4 is 5.32 Å². The smallest absolute Gasteiger partial charge is 0.413 e. The van der Waals surface area contributed by atoms with Crippen molar-refractivity contribution in [1.29, 1.82) is 0 Å². The van der Waals surface area contributed by atoms with Gasteiger partial charge in [0, 0.05) is 23.4 Å². The molecule has 1 N–H and O–H groups in total. The number of methoxy groups -OCH3 is 1. The highest BCUT2D eigenvalue weighted by Crippen LogP contribution is 2.29. The number of rotatable bonds is 3. The molecule has 0 unspecified atom stereocenters. The van der Waals surface area contributed by atoms with Gasteiger partial charge >= 0.3 is 6.09 Å². The van der Waals surface area contributed by atoms with Gasteiger partial charge in [0.25, 0.3) is 5.91 Å². The Bertz CT molecular complexity index is 986. The van der Waals surface area contributed by atoms with Gasteiger partial charge in [-0.2, -0.15) is 0 Å². The van der Waals surface area contributed by atoms with Gasteiger partial charge in [0.2, 0.25) is 0 Å². The summed E-state index contributed by atoms with van der Waals surface area (Å²) in [5.74, 6) is -0.0774. The van der Waals surface area contributed by atoms with E-state index in [4.69, 9.17) is 0 Å². The van der Waals surface area contributed by atoms with E-state index >= 15 is 0 Å². The van der Waals surface area contributed by atoms with Crippen LogP contribution in [0.4, 0.5) is 9.93 Å². The molecule has 0 saturated carbocycles. The van der Waals surface area contributed by atoms with Gasteiger partial charge in [0.05, 0.1) is 25.0 Å². The Morgan fingerprint density at radius 1 is 1.33 bits per heavy atom. The maximum Gasteiger partial charge on any atom is 0.413 e. The van der Waals surface area contributed by atoms with E-state index in [-0.39, 0.29) is 5.91 Å². The molecule has 0 spiro atoms. The lowest BCUT2D eigenvalue weighted by Crippen LogP contribution is -2.35. The molecule has 27 heavy (non-hydrogen) atoms. The largest absolute Gasteiger partial charge is 0.453 e. The predicted molar refractivity (Wildman–Crippen MR) is 95.7 cm³/mol. The Hall–Kier alpha value is -3.34. The standard InChI is InChI=1S/C16H15N7O3S/c1-26-16(25)19-15-18-12-5-6-22(8-13(12)27-15)14(24)10-3-2-4-11(7-10)23-9-17-20-21-23/h2-4,7,9H,5-6,8H2,1H3,(H,18,19,25). The molecule has 0 aliphatic carbocycles. The zero-order chi connectivity index (χ0) is 18.8. The van der Waals surface area contributed by atoms with Crippen LogP contribution in [0, 0.1) is 0 Å². The summed E-state index contributed by atoms with van der Waals surface area (Å²) in [6.07, 6.45) is 1.55. The highest BCUT2D eigenvalue weighted by Gasteiger charge is 2.25. The fourth-order valence-corrected chi connectivity index (χ4v) is 3.81.